The Hall–Kier alpha value is -1.53. The third-order valence-corrected chi connectivity index (χ3v) is 3.09. The molecule has 0 amide bonds. The monoisotopic (exact) mass is 230 g/mol. The molecule has 1 aromatic carbocycles. The number of benzene rings is 1. The van der Waals surface area contributed by atoms with E-state index in [1.165, 1.54) is 5.69 Å². The highest BCUT2D eigenvalue weighted by atomic mass is 16.5. The number of hydrogen-bond donors (Lipinski definition) is 0. The second-order valence-electron chi connectivity index (χ2n) is 4.78. The van der Waals surface area contributed by atoms with Crippen LogP contribution in [0.3, 0.4) is 0 Å². The van der Waals surface area contributed by atoms with Gasteiger partial charge in [-0.3, -0.25) is 0 Å². The Morgan fingerprint density at radius 1 is 1.29 bits per heavy atom. The van der Waals surface area contributed by atoms with Gasteiger partial charge in [-0.25, -0.2) is 0 Å². The Bertz CT molecular complexity index is 440. The summed E-state index contributed by atoms with van der Waals surface area (Å²) in [6.45, 7) is 8.08. The van der Waals surface area contributed by atoms with Crippen LogP contribution < -0.4 is 4.90 Å². The van der Waals surface area contributed by atoms with Crippen LogP contribution in [0.15, 0.2) is 18.2 Å². The first kappa shape index (κ1) is 11.9. The van der Waals surface area contributed by atoms with Crippen LogP contribution in [0.4, 0.5) is 5.69 Å². The van der Waals surface area contributed by atoms with Gasteiger partial charge in [0.15, 0.2) is 0 Å². The molecule has 0 N–H and O–H groups in total. The van der Waals surface area contributed by atoms with E-state index in [4.69, 9.17) is 10.00 Å². The Balaban J connectivity index is 2.25. The third-order valence-electron chi connectivity index (χ3n) is 3.09. The Kier molecular flexibility index (Phi) is 3.35. The average molecular weight is 230 g/mol. The lowest BCUT2D eigenvalue weighted by atomic mass is 10.1. The highest BCUT2D eigenvalue weighted by Gasteiger charge is 2.23. The zero-order valence-corrected chi connectivity index (χ0v) is 10.6. The number of nitrogens with zero attached hydrogens (tertiary/aromatic N) is 2. The fourth-order valence-corrected chi connectivity index (χ4v) is 2.45. The van der Waals surface area contributed by atoms with Gasteiger partial charge in [0.25, 0.3) is 0 Å². The van der Waals surface area contributed by atoms with Crippen molar-refractivity contribution >= 4 is 5.69 Å². The van der Waals surface area contributed by atoms with Gasteiger partial charge in [-0.15, -0.1) is 0 Å². The van der Waals surface area contributed by atoms with Crippen molar-refractivity contribution in [3.05, 3.63) is 29.3 Å². The summed E-state index contributed by atoms with van der Waals surface area (Å²) in [5, 5.41) is 8.86. The topological polar surface area (TPSA) is 36.3 Å². The van der Waals surface area contributed by atoms with Crippen molar-refractivity contribution in [2.24, 2.45) is 0 Å². The van der Waals surface area contributed by atoms with Crippen molar-refractivity contribution in [1.29, 1.82) is 5.26 Å². The molecule has 2 unspecified atom stereocenters. The molecule has 0 aliphatic carbocycles. The summed E-state index contributed by atoms with van der Waals surface area (Å²) in [6, 6.07) is 8.04. The van der Waals surface area contributed by atoms with Gasteiger partial charge in [0.05, 0.1) is 23.8 Å². The molecular formula is C14H18N2O. The molecule has 17 heavy (non-hydrogen) atoms. The van der Waals surface area contributed by atoms with Gasteiger partial charge in [-0.1, -0.05) is 0 Å². The number of morpholine rings is 1. The van der Waals surface area contributed by atoms with Gasteiger partial charge >= 0.3 is 0 Å². The zero-order valence-electron chi connectivity index (χ0n) is 10.6. The second kappa shape index (κ2) is 4.77. The summed E-state index contributed by atoms with van der Waals surface area (Å²) in [6.07, 6.45) is 0.516. The average Bonchev–Trinajstić information content (AvgIpc) is 2.27. The lowest BCUT2D eigenvalue weighted by Gasteiger charge is -2.37. The first-order valence-electron chi connectivity index (χ1n) is 6.01. The normalized spacial score (nSPS) is 24.5. The summed E-state index contributed by atoms with van der Waals surface area (Å²) in [5.74, 6) is 0. The van der Waals surface area contributed by atoms with Gasteiger partial charge in [0, 0.05) is 18.8 Å². The maximum absolute atomic E-state index is 8.86. The van der Waals surface area contributed by atoms with Crippen molar-refractivity contribution < 1.29 is 4.74 Å². The molecule has 2 atom stereocenters. The minimum Gasteiger partial charge on any atom is -0.372 e. The number of rotatable bonds is 1. The number of ether oxygens (including phenoxy) is 1. The Morgan fingerprint density at radius 3 is 2.47 bits per heavy atom. The highest BCUT2D eigenvalue weighted by molar-refractivity contribution is 5.56. The first-order chi connectivity index (χ1) is 8.10. The molecular weight excluding hydrogens is 212 g/mol. The molecule has 0 bridgehead atoms. The van der Waals surface area contributed by atoms with Crippen LogP contribution in [0, 0.1) is 18.3 Å². The van der Waals surface area contributed by atoms with Crippen molar-refractivity contribution in [2.45, 2.75) is 33.0 Å². The van der Waals surface area contributed by atoms with Crippen LogP contribution >= 0.6 is 0 Å². The lowest BCUT2D eigenvalue weighted by molar-refractivity contribution is -0.00524. The van der Waals surface area contributed by atoms with Crippen LogP contribution in [0.5, 0.6) is 0 Å². The minimum atomic E-state index is 0.258. The molecule has 0 radical (unpaired) electrons. The Morgan fingerprint density at radius 2 is 1.94 bits per heavy atom. The molecule has 0 spiro atoms. The first-order valence-corrected chi connectivity index (χ1v) is 6.01. The molecule has 0 saturated carbocycles. The maximum atomic E-state index is 8.86. The molecule has 2 rings (SSSR count). The molecule has 1 aliphatic rings. The number of nitriles is 1. The molecule has 0 aromatic heterocycles. The van der Waals surface area contributed by atoms with Crippen molar-refractivity contribution in [2.75, 3.05) is 18.0 Å². The van der Waals surface area contributed by atoms with Crippen molar-refractivity contribution in [1.82, 2.24) is 0 Å². The van der Waals surface area contributed by atoms with E-state index in [1.54, 1.807) is 0 Å². The quantitative estimate of drug-likeness (QED) is 0.743. The van der Waals surface area contributed by atoms with Gasteiger partial charge in [-0.05, 0) is 44.5 Å². The second-order valence-corrected chi connectivity index (χ2v) is 4.78. The predicted molar refractivity (Wildman–Crippen MR) is 68.1 cm³/mol. The largest absolute Gasteiger partial charge is 0.372 e. The molecule has 1 aromatic rings. The van der Waals surface area contributed by atoms with E-state index >= 15 is 0 Å². The molecule has 1 fully saturated rings. The van der Waals surface area contributed by atoms with E-state index in [9.17, 15) is 0 Å². The molecule has 1 saturated heterocycles. The molecule has 90 valence electrons. The molecule has 1 aliphatic heterocycles. The lowest BCUT2D eigenvalue weighted by Crippen LogP contribution is -2.45. The summed E-state index contributed by atoms with van der Waals surface area (Å²) in [4.78, 5) is 2.34. The Labute approximate surface area is 103 Å². The van der Waals surface area contributed by atoms with Gasteiger partial charge in [-0.2, -0.15) is 5.26 Å². The summed E-state index contributed by atoms with van der Waals surface area (Å²) < 4.78 is 5.73. The number of hydrogen-bond acceptors (Lipinski definition) is 3. The van der Waals surface area contributed by atoms with Gasteiger partial charge in [0.1, 0.15) is 0 Å². The predicted octanol–water partition coefficient (Wildman–Crippen LogP) is 2.48. The van der Waals surface area contributed by atoms with Crippen LogP contribution in [0.25, 0.3) is 0 Å². The van der Waals surface area contributed by atoms with Crippen LogP contribution in [-0.2, 0) is 4.74 Å². The van der Waals surface area contributed by atoms with E-state index in [0.717, 1.165) is 24.2 Å². The number of anilines is 1. The van der Waals surface area contributed by atoms with E-state index in [-0.39, 0.29) is 12.2 Å². The van der Waals surface area contributed by atoms with E-state index in [2.05, 4.69) is 31.7 Å². The smallest absolute Gasteiger partial charge is 0.0991 e. The summed E-state index contributed by atoms with van der Waals surface area (Å²) >= 11 is 0. The third kappa shape index (κ3) is 2.59. The molecule has 3 heteroatoms. The van der Waals surface area contributed by atoms with Crippen LogP contribution in [-0.4, -0.2) is 25.3 Å². The fraction of sp³-hybridized carbons (Fsp3) is 0.500. The summed E-state index contributed by atoms with van der Waals surface area (Å²) in [5.41, 5.74) is 3.09. The minimum absolute atomic E-state index is 0.258. The zero-order chi connectivity index (χ0) is 12.4. The van der Waals surface area contributed by atoms with E-state index in [1.807, 2.05) is 18.2 Å². The van der Waals surface area contributed by atoms with Crippen molar-refractivity contribution in [3.8, 4) is 6.07 Å². The van der Waals surface area contributed by atoms with E-state index < -0.39 is 0 Å². The fourth-order valence-electron chi connectivity index (χ4n) is 2.45. The standard InChI is InChI=1S/C14H18N2O/c1-10-6-13(7-15)4-5-14(10)16-8-11(2)17-12(3)9-16/h4-6,11-12H,8-9H2,1-3H3. The van der Waals surface area contributed by atoms with Gasteiger partial charge < -0.3 is 9.64 Å². The molecule has 3 nitrogen and oxygen atoms in total. The number of aryl methyl sites for hydroxylation is 1. The highest BCUT2D eigenvalue weighted by Crippen LogP contribution is 2.24. The van der Waals surface area contributed by atoms with Crippen LogP contribution in [0.1, 0.15) is 25.0 Å². The van der Waals surface area contributed by atoms with E-state index in [0.29, 0.717) is 0 Å². The van der Waals surface area contributed by atoms with Crippen LogP contribution in [0.2, 0.25) is 0 Å². The summed E-state index contributed by atoms with van der Waals surface area (Å²) in [7, 11) is 0. The molecule has 1 heterocycles. The maximum Gasteiger partial charge on any atom is 0.0991 e. The van der Waals surface area contributed by atoms with Gasteiger partial charge in [0.2, 0.25) is 0 Å². The van der Waals surface area contributed by atoms with Crippen molar-refractivity contribution in [3.63, 3.8) is 0 Å². The SMILES string of the molecule is Cc1cc(C#N)ccc1N1CC(C)OC(C)C1.